The van der Waals surface area contributed by atoms with Gasteiger partial charge in [0.1, 0.15) is 0 Å². The van der Waals surface area contributed by atoms with E-state index in [4.69, 9.17) is 17.2 Å². The average molecular weight is 345 g/mol. The molecule has 1 heterocycles. The van der Waals surface area contributed by atoms with Crippen LogP contribution in [0.15, 0.2) is 21.8 Å². The quantitative estimate of drug-likeness (QED) is 0.461. The second-order valence-electron chi connectivity index (χ2n) is 3.99. The molecule has 0 aromatic rings. The van der Waals surface area contributed by atoms with Crippen molar-refractivity contribution >= 4 is 18.2 Å². The number of carbonyl (C=O) groups is 1. The first kappa shape index (κ1) is 29.9. The van der Waals surface area contributed by atoms with Gasteiger partial charge in [-0.15, -0.1) is 0 Å². The van der Waals surface area contributed by atoms with E-state index in [-0.39, 0.29) is 5.96 Å². The molecular formula is C17H40N6O. The maximum Gasteiger partial charge on any atom is 0.312 e. The number of carbonyl (C=O) groups excluding carboxylic acids is 1. The van der Waals surface area contributed by atoms with Crippen molar-refractivity contribution in [1.29, 1.82) is 0 Å². The van der Waals surface area contributed by atoms with Gasteiger partial charge < -0.3 is 22.5 Å². The fourth-order valence-corrected chi connectivity index (χ4v) is 0.962. The van der Waals surface area contributed by atoms with Gasteiger partial charge in [0, 0.05) is 31.4 Å². The Hall–Kier alpha value is -2.05. The van der Waals surface area contributed by atoms with E-state index in [9.17, 15) is 4.79 Å². The molecule has 0 atom stereocenters. The van der Waals surface area contributed by atoms with Crippen LogP contribution in [0.4, 0.5) is 4.79 Å². The Labute approximate surface area is 148 Å². The number of aliphatic imine (C=N–C) groups is 2. The van der Waals surface area contributed by atoms with E-state index in [2.05, 4.69) is 21.4 Å². The number of amides is 2. The lowest BCUT2D eigenvalue weighted by Gasteiger charge is -1.93. The molecule has 0 spiro atoms. The number of primary amides is 1. The lowest BCUT2D eigenvalue weighted by molar-refractivity contribution is 0.249. The molecule has 0 aromatic heterocycles. The number of hydrogen-bond acceptors (Lipinski definition) is 3. The zero-order valence-corrected chi connectivity index (χ0v) is 16.7. The monoisotopic (exact) mass is 344 g/mol. The predicted molar refractivity (Wildman–Crippen MR) is 108 cm³/mol. The normalized spacial score (nSPS) is 9.88. The maximum absolute atomic E-state index is 9.87. The van der Waals surface area contributed by atoms with Crippen molar-refractivity contribution in [3.63, 3.8) is 0 Å². The molecule has 7 N–H and O–H groups in total. The number of nitrogens with zero attached hydrogens (tertiary/aromatic N) is 2. The smallest absolute Gasteiger partial charge is 0.312 e. The van der Waals surface area contributed by atoms with Crippen LogP contribution in [0.5, 0.6) is 0 Å². The highest BCUT2D eigenvalue weighted by atomic mass is 16.2. The van der Waals surface area contributed by atoms with Crippen LogP contribution in [0.3, 0.4) is 0 Å². The molecule has 2 amide bonds. The van der Waals surface area contributed by atoms with E-state index in [1.807, 2.05) is 54.7 Å². The zero-order chi connectivity index (χ0) is 19.8. The topological polar surface area (TPSA) is 132 Å². The lowest BCUT2D eigenvalue weighted by Crippen LogP contribution is -2.29. The van der Waals surface area contributed by atoms with Gasteiger partial charge in [-0.3, -0.25) is 9.98 Å². The Morgan fingerprint density at radius 3 is 1.83 bits per heavy atom. The van der Waals surface area contributed by atoms with E-state index in [1.54, 1.807) is 0 Å². The summed E-state index contributed by atoms with van der Waals surface area (Å²) in [6.45, 7) is 15.4. The van der Waals surface area contributed by atoms with Crippen LogP contribution >= 0.6 is 0 Å². The molecule has 1 aliphatic rings. The lowest BCUT2D eigenvalue weighted by atomic mass is 10.4. The summed E-state index contributed by atoms with van der Waals surface area (Å²) >= 11 is 0. The number of guanidine groups is 1. The Kier molecular flexibility index (Phi) is 36.2. The minimum Gasteiger partial charge on any atom is -0.370 e. The van der Waals surface area contributed by atoms with Crippen molar-refractivity contribution in [2.75, 3.05) is 13.1 Å². The minimum absolute atomic E-state index is 0.182. The van der Waals surface area contributed by atoms with Gasteiger partial charge in [-0.1, -0.05) is 47.6 Å². The summed E-state index contributed by atoms with van der Waals surface area (Å²) in [5, 5.41) is 2.43. The Morgan fingerprint density at radius 2 is 1.71 bits per heavy atom. The molecule has 0 fully saturated rings. The molecule has 7 heteroatoms. The van der Waals surface area contributed by atoms with Gasteiger partial charge in [-0.05, 0) is 19.8 Å². The van der Waals surface area contributed by atoms with E-state index < -0.39 is 6.03 Å². The fourth-order valence-electron chi connectivity index (χ4n) is 0.962. The molecule has 0 bridgehead atoms. The summed E-state index contributed by atoms with van der Waals surface area (Å²) in [7, 11) is 0. The number of nitrogens with one attached hydrogen (secondary N) is 1. The van der Waals surface area contributed by atoms with Crippen LogP contribution in [-0.2, 0) is 0 Å². The number of urea groups is 1. The zero-order valence-electron chi connectivity index (χ0n) is 16.7. The van der Waals surface area contributed by atoms with Gasteiger partial charge in [-0.2, -0.15) is 0 Å². The first-order chi connectivity index (χ1) is 11.4. The van der Waals surface area contributed by atoms with Gasteiger partial charge in [0.15, 0.2) is 5.96 Å². The summed E-state index contributed by atoms with van der Waals surface area (Å²) in [4.78, 5) is 17.6. The first-order valence-corrected chi connectivity index (χ1v) is 8.71. The van der Waals surface area contributed by atoms with Crippen LogP contribution in [0.1, 0.15) is 67.7 Å². The SMILES string of the molecule is CC.CC.CC1=CCC=N1.CCCN=C(N)N.CCCNC(N)=O. The number of nitrogens with two attached hydrogens (primary N) is 3. The summed E-state index contributed by atoms with van der Waals surface area (Å²) in [6, 6.07) is -0.443. The molecule has 7 nitrogen and oxygen atoms in total. The third-order valence-corrected chi connectivity index (χ3v) is 1.88. The molecule has 144 valence electrons. The van der Waals surface area contributed by atoms with Crippen LogP contribution in [-0.4, -0.2) is 31.3 Å². The van der Waals surface area contributed by atoms with Crippen LogP contribution in [0.2, 0.25) is 0 Å². The standard InChI is InChI=1S/C5H7N.C4H11N3.C4H10N2O.2C2H6/c1-5-3-2-4-6-5;1-2-3-7-4(5)6;1-2-3-6-4(5)7;2*1-2/h3-4H,2H2,1H3;2-3H2,1H3,(H4,5,6,7);2-3H2,1H3,(H3,5,6,7);2*1-2H3. The summed E-state index contributed by atoms with van der Waals surface area (Å²) in [5.41, 5.74) is 15.9. The van der Waals surface area contributed by atoms with Crippen molar-refractivity contribution < 1.29 is 4.79 Å². The summed E-state index contributed by atoms with van der Waals surface area (Å²) in [5.74, 6) is 0.182. The van der Waals surface area contributed by atoms with Crippen LogP contribution in [0, 0.1) is 0 Å². The molecule has 0 saturated carbocycles. The Balaban J connectivity index is -0.000000113. The molecule has 24 heavy (non-hydrogen) atoms. The predicted octanol–water partition coefficient (Wildman–Crippen LogP) is 3.15. The largest absolute Gasteiger partial charge is 0.370 e. The van der Waals surface area contributed by atoms with E-state index in [1.165, 1.54) is 0 Å². The summed E-state index contributed by atoms with van der Waals surface area (Å²) in [6.07, 6.45) is 6.97. The van der Waals surface area contributed by atoms with Crippen LogP contribution in [0.25, 0.3) is 0 Å². The molecule has 1 aliphatic heterocycles. The highest BCUT2D eigenvalue weighted by molar-refractivity contribution is 5.75. The second kappa shape index (κ2) is 29.0. The Morgan fingerprint density at radius 1 is 1.17 bits per heavy atom. The summed E-state index contributed by atoms with van der Waals surface area (Å²) < 4.78 is 0. The van der Waals surface area contributed by atoms with Crippen molar-refractivity contribution in [2.24, 2.45) is 27.2 Å². The highest BCUT2D eigenvalue weighted by Crippen LogP contribution is 2.00. The minimum atomic E-state index is -0.443. The van der Waals surface area contributed by atoms with Gasteiger partial charge in [0.05, 0.1) is 0 Å². The van der Waals surface area contributed by atoms with E-state index in [0.29, 0.717) is 6.54 Å². The molecule has 0 saturated heterocycles. The second-order valence-corrected chi connectivity index (χ2v) is 3.99. The van der Waals surface area contributed by atoms with E-state index in [0.717, 1.165) is 31.5 Å². The fraction of sp³-hybridized carbons (Fsp3) is 0.706. The molecule has 0 radical (unpaired) electrons. The van der Waals surface area contributed by atoms with Crippen molar-refractivity contribution in [2.45, 2.75) is 67.7 Å². The number of allylic oxidation sites excluding steroid dienone is 2. The van der Waals surface area contributed by atoms with Gasteiger partial charge in [-0.25, -0.2) is 4.79 Å². The van der Waals surface area contributed by atoms with Gasteiger partial charge in [0.25, 0.3) is 0 Å². The number of rotatable bonds is 4. The Bertz CT molecular complexity index is 331. The third kappa shape index (κ3) is 42.7. The molecule has 1 rings (SSSR count). The van der Waals surface area contributed by atoms with Gasteiger partial charge >= 0.3 is 6.03 Å². The van der Waals surface area contributed by atoms with Gasteiger partial charge in [0.2, 0.25) is 0 Å². The molecular weight excluding hydrogens is 304 g/mol. The maximum atomic E-state index is 9.87. The first-order valence-electron chi connectivity index (χ1n) is 8.71. The van der Waals surface area contributed by atoms with Crippen molar-refractivity contribution in [3.8, 4) is 0 Å². The van der Waals surface area contributed by atoms with E-state index >= 15 is 0 Å². The molecule has 0 unspecified atom stereocenters. The third-order valence-electron chi connectivity index (χ3n) is 1.88. The highest BCUT2D eigenvalue weighted by Gasteiger charge is 1.85. The number of hydrogen-bond donors (Lipinski definition) is 4. The average Bonchev–Trinajstić information content (AvgIpc) is 3.07. The van der Waals surface area contributed by atoms with Crippen molar-refractivity contribution in [1.82, 2.24) is 5.32 Å². The van der Waals surface area contributed by atoms with Crippen molar-refractivity contribution in [3.05, 3.63) is 11.8 Å². The molecule has 0 aliphatic carbocycles. The molecule has 0 aromatic carbocycles. The van der Waals surface area contributed by atoms with Crippen LogP contribution < -0.4 is 22.5 Å².